The fourth-order valence-corrected chi connectivity index (χ4v) is 4.00. The first-order valence-corrected chi connectivity index (χ1v) is 10.9. The van der Waals surface area contributed by atoms with Gasteiger partial charge in [-0.2, -0.15) is 0 Å². The van der Waals surface area contributed by atoms with Gasteiger partial charge in [0.1, 0.15) is 5.82 Å². The molecule has 8 nitrogen and oxygen atoms in total. The van der Waals surface area contributed by atoms with Crippen molar-refractivity contribution < 1.29 is 14.3 Å². The smallest absolute Gasteiger partial charge is 0.251 e. The van der Waals surface area contributed by atoms with Crippen LogP contribution in [0.25, 0.3) is 0 Å². The van der Waals surface area contributed by atoms with E-state index >= 15 is 0 Å². The molecule has 2 heterocycles. The van der Waals surface area contributed by atoms with E-state index in [-0.39, 0.29) is 11.8 Å². The monoisotopic (exact) mass is 437 g/mol. The number of thioether (sulfide) groups is 1. The molecule has 0 radical (unpaired) electrons. The summed E-state index contributed by atoms with van der Waals surface area (Å²) in [4.78, 5) is 26.3. The van der Waals surface area contributed by atoms with Crippen molar-refractivity contribution in [2.75, 3.05) is 38.6 Å². The van der Waals surface area contributed by atoms with Gasteiger partial charge in [0.2, 0.25) is 5.91 Å². The third-order valence-corrected chi connectivity index (χ3v) is 5.74. The molecule has 2 aromatic rings. The fourth-order valence-electron chi connectivity index (χ4n) is 2.95. The fraction of sp³-hybridized carbons (Fsp3) is 0.474. The summed E-state index contributed by atoms with van der Waals surface area (Å²) >= 11 is 7.23. The molecule has 0 bridgehead atoms. The van der Waals surface area contributed by atoms with E-state index in [1.54, 1.807) is 24.3 Å². The number of rotatable bonds is 8. The molecule has 1 aliphatic heterocycles. The zero-order chi connectivity index (χ0) is 20.6. The van der Waals surface area contributed by atoms with Crippen LogP contribution in [0.2, 0.25) is 5.02 Å². The second-order valence-electron chi connectivity index (χ2n) is 6.44. The van der Waals surface area contributed by atoms with Crippen molar-refractivity contribution in [3.8, 4) is 0 Å². The van der Waals surface area contributed by atoms with Crippen LogP contribution in [-0.2, 0) is 22.5 Å². The highest BCUT2D eigenvalue weighted by Crippen LogP contribution is 2.18. The number of nitrogens with zero attached hydrogens (tertiary/aromatic N) is 4. The van der Waals surface area contributed by atoms with Crippen molar-refractivity contribution in [3.63, 3.8) is 0 Å². The van der Waals surface area contributed by atoms with Crippen molar-refractivity contribution in [3.05, 3.63) is 40.7 Å². The Morgan fingerprint density at radius 3 is 2.62 bits per heavy atom. The van der Waals surface area contributed by atoms with Crippen LogP contribution in [-0.4, -0.2) is 70.1 Å². The summed E-state index contributed by atoms with van der Waals surface area (Å²) in [7, 11) is 0. The predicted molar refractivity (Wildman–Crippen MR) is 111 cm³/mol. The van der Waals surface area contributed by atoms with Crippen molar-refractivity contribution in [1.29, 1.82) is 0 Å². The average molecular weight is 438 g/mol. The maximum absolute atomic E-state index is 12.3. The minimum absolute atomic E-state index is 0.0840. The van der Waals surface area contributed by atoms with Crippen molar-refractivity contribution in [2.24, 2.45) is 0 Å². The van der Waals surface area contributed by atoms with E-state index in [4.69, 9.17) is 16.3 Å². The number of morpholine rings is 1. The predicted octanol–water partition coefficient (Wildman–Crippen LogP) is 1.87. The lowest BCUT2D eigenvalue weighted by Gasteiger charge is -2.26. The van der Waals surface area contributed by atoms with Crippen molar-refractivity contribution in [1.82, 2.24) is 25.0 Å². The first kappa shape index (κ1) is 21.6. The van der Waals surface area contributed by atoms with Gasteiger partial charge in [-0.3, -0.25) is 9.59 Å². The molecule has 29 heavy (non-hydrogen) atoms. The Bertz CT molecular complexity index is 837. The van der Waals surface area contributed by atoms with E-state index in [1.165, 1.54) is 11.8 Å². The SMILES string of the molecule is CCn1c(CCNC(=O)c2ccc(Cl)cc2)nnc1SCC(=O)N1CCOCC1. The Labute approximate surface area is 178 Å². The zero-order valence-corrected chi connectivity index (χ0v) is 17.8. The molecule has 0 atom stereocenters. The first-order chi connectivity index (χ1) is 14.1. The van der Waals surface area contributed by atoms with E-state index in [2.05, 4.69) is 15.5 Å². The summed E-state index contributed by atoms with van der Waals surface area (Å²) in [6.07, 6.45) is 0.554. The van der Waals surface area contributed by atoms with Gasteiger partial charge in [-0.15, -0.1) is 10.2 Å². The van der Waals surface area contributed by atoms with Gasteiger partial charge < -0.3 is 19.5 Å². The number of amides is 2. The normalized spacial score (nSPS) is 14.1. The van der Waals surface area contributed by atoms with Crippen LogP contribution in [0.4, 0.5) is 0 Å². The van der Waals surface area contributed by atoms with Crippen LogP contribution >= 0.6 is 23.4 Å². The Hall–Kier alpha value is -2.10. The number of aromatic nitrogens is 3. The van der Waals surface area contributed by atoms with Gasteiger partial charge >= 0.3 is 0 Å². The second kappa shape index (κ2) is 10.6. The summed E-state index contributed by atoms with van der Waals surface area (Å²) in [5.74, 6) is 1.03. The van der Waals surface area contributed by atoms with E-state index in [1.807, 2.05) is 16.4 Å². The molecule has 1 aromatic carbocycles. The van der Waals surface area contributed by atoms with E-state index in [0.29, 0.717) is 67.3 Å². The van der Waals surface area contributed by atoms with Gasteiger partial charge in [0.25, 0.3) is 5.91 Å². The molecular formula is C19H24ClN5O3S. The Morgan fingerprint density at radius 1 is 1.21 bits per heavy atom. The van der Waals surface area contributed by atoms with E-state index < -0.39 is 0 Å². The quantitative estimate of drug-likeness (QED) is 0.634. The van der Waals surface area contributed by atoms with Crippen LogP contribution < -0.4 is 5.32 Å². The minimum Gasteiger partial charge on any atom is -0.378 e. The molecule has 1 aromatic heterocycles. The molecule has 10 heteroatoms. The van der Waals surface area contributed by atoms with Gasteiger partial charge in [-0.1, -0.05) is 23.4 Å². The zero-order valence-electron chi connectivity index (χ0n) is 16.3. The van der Waals surface area contributed by atoms with Gasteiger partial charge in [0.15, 0.2) is 5.16 Å². The average Bonchev–Trinajstić information content (AvgIpc) is 3.14. The number of hydrogen-bond acceptors (Lipinski definition) is 6. The van der Waals surface area contributed by atoms with Gasteiger partial charge in [-0.25, -0.2) is 0 Å². The van der Waals surface area contributed by atoms with Crippen LogP contribution in [0.1, 0.15) is 23.1 Å². The van der Waals surface area contributed by atoms with E-state index in [9.17, 15) is 9.59 Å². The topological polar surface area (TPSA) is 89.3 Å². The number of halogens is 1. The highest BCUT2D eigenvalue weighted by molar-refractivity contribution is 7.99. The molecule has 1 N–H and O–H groups in total. The Morgan fingerprint density at radius 2 is 1.93 bits per heavy atom. The number of nitrogens with one attached hydrogen (secondary N) is 1. The van der Waals surface area contributed by atoms with Crippen LogP contribution in [0.5, 0.6) is 0 Å². The lowest BCUT2D eigenvalue weighted by Crippen LogP contribution is -2.41. The molecular weight excluding hydrogens is 414 g/mol. The molecule has 0 aliphatic carbocycles. The third-order valence-electron chi connectivity index (χ3n) is 4.54. The summed E-state index contributed by atoms with van der Waals surface area (Å²) < 4.78 is 7.26. The Balaban J connectivity index is 1.50. The maximum atomic E-state index is 12.3. The molecule has 0 unspecified atom stereocenters. The van der Waals surface area contributed by atoms with Crippen molar-refractivity contribution in [2.45, 2.75) is 25.0 Å². The van der Waals surface area contributed by atoms with Crippen molar-refractivity contribution >= 4 is 35.2 Å². The minimum atomic E-state index is -0.157. The highest BCUT2D eigenvalue weighted by atomic mass is 35.5. The molecule has 156 valence electrons. The molecule has 0 spiro atoms. The van der Waals surface area contributed by atoms with Crippen LogP contribution in [0.3, 0.4) is 0 Å². The van der Waals surface area contributed by atoms with E-state index in [0.717, 1.165) is 5.82 Å². The number of ether oxygens (including phenoxy) is 1. The number of carbonyl (C=O) groups is 2. The molecule has 1 aliphatic rings. The lowest BCUT2D eigenvalue weighted by atomic mass is 10.2. The first-order valence-electron chi connectivity index (χ1n) is 9.52. The molecule has 0 saturated carbocycles. The van der Waals surface area contributed by atoms with Gasteiger partial charge in [0, 0.05) is 43.2 Å². The highest BCUT2D eigenvalue weighted by Gasteiger charge is 2.19. The largest absolute Gasteiger partial charge is 0.378 e. The van der Waals surface area contributed by atoms with Gasteiger partial charge in [0.05, 0.1) is 19.0 Å². The number of carbonyl (C=O) groups excluding carboxylic acids is 2. The molecule has 1 saturated heterocycles. The number of hydrogen-bond donors (Lipinski definition) is 1. The molecule has 3 rings (SSSR count). The second-order valence-corrected chi connectivity index (χ2v) is 7.82. The lowest BCUT2D eigenvalue weighted by molar-refractivity contribution is -0.132. The maximum Gasteiger partial charge on any atom is 0.251 e. The van der Waals surface area contributed by atoms with Crippen LogP contribution in [0.15, 0.2) is 29.4 Å². The van der Waals surface area contributed by atoms with Gasteiger partial charge in [-0.05, 0) is 31.2 Å². The summed E-state index contributed by atoms with van der Waals surface area (Å²) in [6.45, 7) is 5.60. The summed E-state index contributed by atoms with van der Waals surface area (Å²) in [6, 6.07) is 6.75. The summed E-state index contributed by atoms with van der Waals surface area (Å²) in [5, 5.41) is 12.6. The molecule has 1 fully saturated rings. The standard InChI is InChI=1S/C19H24ClN5O3S/c1-2-25-16(7-8-21-18(27)14-3-5-15(20)6-4-14)22-23-19(25)29-13-17(26)24-9-11-28-12-10-24/h3-6H,2,7-13H2,1H3,(H,21,27). The Kier molecular flexibility index (Phi) is 7.91. The number of benzene rings is 1. The summed E-state index contributed by atoms with van der Waals surface area (Å²) in [5.41, 5.74) is 0.559. The van der Waals surface area contributed by atoms with Crippen LogP contribution in [0, 0.1) is 0 Å². The molecule has 2 amide bonds. The third kappa shape index (κ3) is 5.94.